The van der Waals surface area contributed by atoms with Crippen molar-refractivity contribution in [2.24, 2.45) is 0 Å². The summed E-state index contributed by atoms with van der Waals surface area (Å²) in [5.41, 5.74) is -0.629. The van der Waals surface area contributed by atoms with E-state index < -0.39 is 17.3 Å². The molecule has 0 radical (unpaired) electrons. The summed E-state index contributed by atoms with van der Waals surface area (Å²) in [5, 5.41) is 9.00. The molecule has 9 heteroatoms. The second kappa shape index (κ2) is 5.99. The van der Waals surface area contributed by atoms with Crippen molar-refractivity contribution in [1.29, 1.82) is 0 Å². The van der Waals surface area contributed by atoms with Crippen LogP contribution in [0, 0.1) is 5.82 Å². The smallest absolute Gasteiger partial charge is 0.342 e. The molecule has 0 amide bonds. The van der Waals surface area contributed by atoms with Crippen LogP contribution in [0.1, 0.15) is 10.4 Å². The van der Waals surface area contributed by atoms with Crippen LogP contribution in [0.15, 0.2) is 18.2 Å². The van der Waals surface area contributed by atoms with Crippen molar-refractivity contribution in [3.8, 4) is 23.8 Å². The van der Waals surface area contributed by atoms with Crippen LogP contribution in [0.25, 0.3) is 0 Å². The Bertz CT molecular complexity index is 658. The highest BCUT2D eigenvalue weighted by molar-refractivity contribution is 5.91. The number of hydrogen-bond acceptors (Lipinski definition) is 7. The first-order valence-electron chi connectivity index (χ1n) is 5.59. The van der Waals surface area contributed by atoms with Crippen LogP contribution in [0.5, 0.6) is 23.8 Å². The predicted octanol–water partition coefficient (Wildman–Crippen LogP) is 1.52. The Morgan fingerprint density at radius 3 is 2.19 bits per heavy atom. The standard InChI is InChI=1S/C12H10FN3O5/c1-19-10-14-11(20-2)16-12(15-10)21-7-5-3-4-6(13)8(7)9(17)18/h3-5H,1-2H3,(H,17,18). The molecule has 0 saturated carbocycles. The SMILES string of the molecule is COc1nc(OC)nc(Oc2cccc(F)c2C(=O)O)n1. The molecule has 2 rings (SSSR count). The van der Waals surface area contributed by atoms with Gasteiger partial charge in [0.25, 0.3) is 0 Å². The van der Waals surface area contributed by atoms with Gasteiger partial charge >= 0.3 is 24.0 Å². The van der Waals surface area contributed by atoms with Gasteiger partial charge in [-0.15, -0.1) is 15.0 Å². The van der Waals surface area contributed by atoms with Gasteiger partial charge in [0.1, 0.15) is 17.1 Å². The van der Waals surface area contributed by atoms with E-state index in [0.717, 1.165) is 6.07 Å². The van der Waals surface area contributed by atoms with E-state index in [1.54, 1.807) is 0 Å². The third-order valence-electron chi connectivity index (χ3n) is 2.33. The molecule has 2 aromatic rings. The van der Waals surface area contributed by atoms with Crippen molar-refractivity contribution >= 4 is 5.97 Å². The van der Waals surface area contributed by atoms with E-state index in [1.807, 2.05) is 0 Å². The first-order chi connectivity index (χ1) is 10.0. The van der Waals surface area contributed by atoms with E-state index in [9.17, 15) is 9.18 Å². The van der Waals surface area contributed by atoms with Crippen molar-refractivity contribution < 1.29 is 28.5 Å². The number of carbonyl (C=O) groups is 1. The summed E-state index contributed by atoms with van der Waals surface area (Å²) < 4.78 is 28.4. The van der Waals surface area contributed by atoms with Gasteiger partial charge in [-0.05, 0) is 12.1 Å². The van der Waals surface area contributed by atoms with Crippen LogP contribution in [0.4, 0.5) is 4.39 Å². The van der Waals surface area contributed by atoms with Gasteiger partial charge in [-0.3, -0.25) is 0 Å². The van der Waals surface area contributed by atoms with Gasteiger partial charge in [0, 0.05) is 0 Å². The van der Waals surface area contributed by atoms with Crippen LogP contribution < -0.4 is 14.2 Å². The van der Waals surface area contributed by atoms with E-state index in [1.165, 1.54) is 26.4 Å². The molecule has 0 bridgehead atoms. The number of benzene rings is 1. The fourth-order valence-electron chi connectivity index (χ4n) is 1.44. The molecule has 0 saturated heterocycles. The topological polar surface area (TPSA) is 104 Å². The number of nitrogens with zero attached hydrogens (tertiary/aromatic N) is 3. The largest absolute Gasteiger partial charge is 0.477 e. The van der Waals surface area contributed by atoms with Gasteiger partial charge in [0.05, 0.1) is 14.2 Å². The Kier molecular flexibility index (Phi) is 4.12. The lowest BCUT2D eigenvalue weighted by molar-refractivity contribution is 0.0688. The lowest BCUT2D eigenvalue weighted by Gasteiger charge is -2.09. The van der Waals surface area contributed by atoms with Gasteiger partial charge < -0.3 is 19.3 Å². The normalized spacial score (nSPS) is 10.0. The number of carboxylic acid groups (broad SMARTS) is 1. The number of aromatic nitrogens is 3. The van der Waals surface area contributed by atoms with Gasteiger partial charge in [-0.1, -0.05) is 6.07 Å². The Morgan fingerprint density at radius 2 is 1.67 bits per heavy atom. The molecular weight excluding hydrogens is 285 g/mol. The zero-order valence-electron chi connectivity index (χ0n) is 11.0. The zero-order chi connectivity index (χ0) is 15.4. The summed E-state index contributed by atoms with van der Waals surface area (Å²) in [4.78, 5) is 22.3. The Balaban J connectivity index is 2.43. The summed E-state index contributed by atoms with van der Waals surface area (Å²) in [5.74, 6) is -2.66. The molecule has 21 heavy (non-hydrogen) atoms. The number of methoxy groups -OCH3 is 2. The number of hydrogen-bond donors (Lipinski definition) is 1. The molecule has 0 unspecified atom stereocenters. The number of ether oxygens (including phenoxy) is 3. The highest BCUT2D eigenvalue weighted by atomic mass is 19.1. The highest BCUT2D eigenvalue weighted by Crippen LogP contribution is 2.26. The van der Waals surface area contributed by atoms with Crippen molar-refractivity contribution in [1.82, 2.24) is 15.0 Å². The molecule has 1 heterocycles. The Hall–Kier alpha value is -2.97. The van der Waals surface area contributed by atoms with Crippen molar-refractivity contribution in [3.63, 3.8) is 0 Å². The Morgan fingerprint density at radius 1 is 1.10 bits per heavy atom. The maximum Gasteiger partial charge on any atom is 0.342 e. The second-order valence-corrected chi connectivity index (χ2v) is 3.61. The van der Waals surface area contributed by atoms with Gasteiger partial charge in [0.2, 0.25) is 0 Å². The first kappa shape index (κ1) is 14.4. The molecule has 0 aliphatic rings. The van der Waals surface area contributed by atoms with Crippen LogP contribution in [0.2, 0.25) is 0 Å². The summed E-state index contributed by atoms with van der Waals surface area (Å²) >= 11 is 0. The third kappa shape index (κ3) is 3.14. The maximum absolute atomic E-state index is 13.5. The fourth-order valence-corrected chi connectivity index (χ4v) is 1.44. The van der Waals surface area contributed by atoms with Crippen molar-refractivity contribution in [2.75, 3.05) is 14.2 Å². The number of aromatic carboxylic acids is 1. The average molecular weight is 295 g/mol. The van der Waals surface area contributed by atoms with Crippen LogP contribution >= 0.6 is 0 Å². The zero-order valence-corrected chi connectivity index (χ0v) is 11.0. The minimum absolute atomic E-state index is 0.0925. The van der Waals surface area contributed by atoms with E-state index >= 15 is 0 Å². The lowest BCUT2D eigenvalue weighted by Crippen LogP contribution is -2.06. The molecule has 0 aliphatic carbocycles. The molecule has 110 valence electrons. The Labute approximate surface area is 118 Å². The third-order valence-corrected chi connectivity index (χ3v) is 2.33. The van der Waals surface area contributed by atoms with Crippen LogP contribution in [0.3, 0.4) is 0 Å². The molecule has 0 fully saturated rings. The fraction of sp³-hybridized carbons (Fsp3) is 0.167. The lowest BCUT2D eigenvalue weighted by atomic mass is 10.2. The minimum atomic E-state index is -1.48. The van der Waals surface area contributed by atoms with E-state index in [-0.39, 0.29) is 23.8 Å². The number of rotatable bonds is 5. The van der Waals surface area contributed by atoms with E-state index in [2.05, 4.69) is 15.0 Å². The molecular formula is C12H10FN3O5. The molecule has 0 atom stereocenters. The molecule has 1 aromatic carbocycles. The van der Waals surface area contributed by atoms with E-state index in [0.29, 0.717) is 0 Å². The number of halogens is 1. The first-order valence-corrected chi connectivity index (χ1v) is 5.59. The molecule has 1 N–H and O–H groups in total. The van der Waals surface area contributed by atoms with Gasteiger partial charge in [-0.2, -0.15) is 0 Å². The summed E-state index contributed by atoms with van der Waals surface area (Å²) in [6.45, 7) is 0. The molecule has 1 aromatic heterocycles. The quantitative estimate of drug-likeness (QED) is 0.885. The highest BCUT2D eigenvalue weighted by Gasteiger charge is 2.19. The molecule has 0 aliphatic heterocycles. The van der Waals surface area contributed by atoms with Crippen molar-refractivity contribution in [3.05, 3.63) is 29.6 Å². The minimum Gasteiger partial charge on any atom is -0.477 e. The maximum atomic E-state index is 13.5. The monoisotopic (exact) mass is 295 g/mol. The van der Waals surface area contributed by atoms with Gasteiger partial charge in [0.15, 0.2) is 0 Å². The van der Waals surface area contributed by atoms with Crippen LogP contribution in [-0.4, -0.2) is 40.2 Å². The molecule has 8 nitrogen and oxygen atoms in total. The van der Waals surface area contributed by atoms with Gasteiger partial charge in [-0.25, -0.2) is 9.18 Å². The summed E-state index contributed by atoms with van der Waals surface area (Å²) in [7, 11) is 2.65. The number of carboxylic acids is 1. The van der Waals surface area contributed by atoms with E-state index in [4.69, 9.17) is 19.3 Å². The summed E-state index contributed by atoms with van der Waals surface area (Å²) in [6.07, 6.45) is 0. The molecule has 0 spiro atoms. The average Bonchev–Trinajstić information content (AvgIpc) is 2.46. The predicted molar refractivity (Wildman–Crippen MR) is 66.4 cm³/mol. The van der Waals surface area contributed by atoms with Crippen LogP contribution in [-0.2, 0) is 0 Å². The summed E-state index contributed by atoms with van der Waals surface area (Å²) in [6, 6.07) is 3.11. The second-order valence-electron chi connectivity index (χ2n) is 3.61. The van der Waals surface area contributed by atoms with Crippen molar-refractivity contribution in [2.45, 2.75) is 0 Å².